The van der Waals surface area contributed by atoms with E-state index in [0.29, 0.717) is 11.1 Å². The molecule has 2 aromatic rings. The van der Waals surface area contributed by atoms with Gasteiger partial charge in [0.1, 0.15) is 5.60 Å². The first kappa shape index (κ1) is 15.2. The van der Waals surface area contributed by atoms with Gasteiger partial charge in [0, 0.05) is 11.1 Å². The average molecular weight is 306 g/mol. The minimum absolute atomic E-state index is 0.0104. The second kappa shape index (κ2) is 5.51. The van der Waals surface area contributed by atoms with E-state index in [2.05, 4.69) is 0 Å². The van der Waals surface area contributed by atoms with E-state index in [4.69, 9.17) is 4.74 Å². The summed E-state index contributed by atoms with van der Waals surface area (Å²) >= 11 is 0. The number of fused-ring (bicyclic) bond motifs is 1. The number of rotatable bonds is 2. The van der Waals surface area contributed by atoms with Crippen molar-refractivity contribution in [2.75, 3.05) is 0 Å². The number of carbonyl (C=O) groups excluding carboxylic acids is 2. The molecule has 0 radical (unpaired) electrons. The highest BCUT2D eigenvalue weighted by Gasteiger charge is 2.33. The van der Waals surface area contributed by atoms with Gasteiger partial charge in [0.15, 0.2) is 5.78 Å². The van der Waals surface area contributed by atoms with Crippen LogP contribution in [-0.4, -0.2) is 17.4 Å². The number of cyclic esters (lactones) is 1. The molecule has 3 nitrogen and oxygen atoms in total. The van der Waals surface area contributed by atoms with Crippen LogP contribution in [0.15, 0.2) is 48.5 Å². The van der Waals surface area contributed by atoms with Crippen LogP contribution in [-0.2, 0) is 4.74 Å². The lowest BCUT2D eigenvalue weighted by atomic mass is 9.88. The van der Waals surface area contributed by atoms with E-state index in [1.54, 1.807) is 19.1 Å². The van der Waals surface area contributed by atoms with Crippen LogP contribution in [0.1, 0.15) is 52.6 Å². The fraction of sp³-hybridized carbons (Fsp3) is 0.200. The number of hydrogen-bond donors (Lipinski definition) is 0. The topological polar surface area (TPSA) is 43.4 Å². The molecule has 0 bridgehead atoms. The summed E-state index contributed by atoms with van der Waals surface area (Å²) in [5.41, 5.74) is 2.99. The van der Waals surface area contributed by atoms with Crippen LogP contribution in [0, 0.1) is 0 Å². The maximum absolute atomic E-state index is 12.4. The van der Waals surface area contributed by atoms with E-state index >= 15 is 0 Å². The normalized spacial score (nSPS) is 16.0. The molecule has 0 aromatic heterocycles. The molecule has 0 unspecified atom stereocenters. The van der Waals surface area contributed by atoms with Crippen LogP contribution in [0.3, 0.4) is 0 Å². The summed E-state index contributed by atoms with van der Waals surface area (Å²) in [5, 5.41) is 0. The molecule has 0 saturated carbocycles. The third-order valence-corrected chi connectivity index (χ3v) is 4.06. The Balaban J connectivity index is 2.20. The van der Waals surface area contributed by atoms with Gasteiger partial charge in [0.05, 0.1) is 5.56 Å². The highest BCUT2D eigenvalue weighted by atomic mass is 16.6. The Labute approximate surface area is 135 Å². The smallest absolute Gasteiger partial charge is 0.339 e. The fourth-order valence-electron chi connectivity index (χ4n) is 2.82. The van der Waals surface area contributed by atoms with E-state index in [9.17, 15) is 9.59 Å². The van der Waals surface area contributed by atoms with Gasteiger partial charge in [0.25, 0.3) is 0 Å². The third-order valence-electron chi connectivity index (χ3n) is 4.06. The average Bonchev–Trinajstić information content (AvgIpc) is 2.61. The highest BCUT2D eigenvalue weighted by molar-refractivity contribution is 6.01. The predicted octanol–water partition coefficient (Wildman–Crippen LogP) is 4.38. The number of benzene rings is 2. The molecule has 0 atom stereocenters. The first-order valence-electron chi connectivity index (χ1n) is 7.54. The molecule has 0 saturated heterocycles. The zero-order valence-corrected chi connectivity index (χ0v) is 13.4. The molecule has 0 N–H and O–H groups in total. The van der Waals surface area contributed by atoms with Gasteiger partial charge in [-0.05, 0) is 50.1 Å². The summed E-state index contributed by atoms with van der Waals surface area (Å²) < 4.78 is 5.70. The van der Waals surface area contributed by atoms with E-state index in [1.165, 1.54) is 0 Å². The van der Waals surface area contributed by atoms with Crippen molar-refractivity contribution in [1.29, 1.82) is 0 Å². The van der Waals surface area contributed by atoms with Crippen LogP contribution < -0.4 is 0 Å². The van der Waals surface area contributed by atoms with Crippen molar-refractivity contribution in [1.82, 2.24) is 0 Å². The summed E-state index contributed by atoms with van der Waals surface area (Å²) in [4.78, 5) is 24.0. The number of ketones is 1. The summed E-state index contributed by atoms with van der Waals surface area (Å²) in [6, 6.07) is 14.8. The quantitative estimate of drug-likeness (QED) is 0.611. The lowest BCUT2D eigenvalue weighted by Gasteiger charge is -2.27. The van der Waals surface area contributed by atoms with Crippen molar-refractivity contribution < 1.29 is 14.3 Å². The Morgan fingerprint density at radius 2 is 1.78 bits per heavy atom. The Kier molecular flexibility index (Phi) is 3.64. The Morgan fingerprint density at radius 1 is 1.04 bits per heavy atom. The number of esters is 1. The van der Waals surface area contributed by atoms with Gasteiger partial charge >= 0.3 is 5.97 Å². The predicted molar refractivity (Wildman–Crippen MR) is 90.3 cm³/mol. The van der Waals surface area contributed by atoms with Gasteiger partial charge in [-0.15, -0.1) is 0 Å². The van der Waals surface area contributed by atoms with E-state index < -0.39 is 5.60 Å². The van der Waals surface area contributed by atoms with Crippen LogP contribution in [0.4, 0.5) is 0 Å². The molecule has 0 aliphatic carbocycles. The standard InChI is InChI=1S/C20H18O3/c1-13(21)14-8-6-9-16(11-14)18-12-15-7-4-5-10-17(15)19(22)23-20(18,2)3/h4-12H,1-3H3. The summed E-state index contributed by atoms with van der Waals surface area (Å²) in [5.74, 6) is -0.323. The SMILES string of the molecule is CC(=O)c1cccc(C2=Cc3ccccc3C(=O)OC2(C)C)c1. The molecular formula is C20H18O3. The van der Waals surface area contributed by atoms with Gasteiger partial charge < -0.3 is 4.74 Å². The van der Waals surface area contributed by atoms with Crippen molar-refractivity contribution in [2.24, 2.45) is 0 Å². The first-order chi connectivity index (χ1) is 10.9. The zero-order chi connectivity index (χ0) is 16.6. The molecule has 1 aliphatic heterocycles. The van der Waals surface area contributed by atoms with Crippen LogP contribution in [0.5, 0.6) is 0 Å². The van der Waals surface area contributed by atoms with Gasteiger partial charge in [-0.25, -0.2) is 4.79 Å². The Morgan fingerprint density at radius 3 is 2.52 bits per heavy atom. The van der Waals surface area contributed by atoms with Crippen molar-refractivity contribution in [3.05, 3.63) is 70.8 Å². The zero-order valence-electron chi connectivity index (χ0n) is 13.4. The van der Waals surface area contributed by atoms with Crippen molar-refractivity contribution in [2.45, 2.75) is 26.4 Å². The van der Waals surface area contributed by atoms with E-state index in [1.807, 2.05) is 56.3 Å². The maximum Gasteiger partial charge on any atom is 0.339 e. The molecule has 0 spiro atoms. The first-order valence-corrected chi connectivity index (χ1v) is 7.54. The molecule has 3 rings (SSSR count). The second-order valence-corrected chi connectivity index (χ2v) is 6.18. The molecular weight excluding hydrogens is 288 g/mol. The van der Waals surface area contributed by atoms with E-state index in [0.717, 1.165) is 16.7 Å². The number of Topliss-reactive ketones (excluding diaryl/α,β-unsaturated/α-hetero) is 1. The number of carbonyl (C=O) groups is 2. The van der Waals surface area contributed by atoms with Gasteiger partial charge in [-0.3, -0.25) is 4.79 Å². The largest absolute Gasteiger partial charge is 0.451 e. The summed E-state index contributed by atoms with van der Waals surface area (Å²) in [7, 11) is 0. The highest BCUT2D eigenvalue weighted by Crippen LogP contribution is 2.36. The molecule has 1 aliphatic rings. The Bertz CT molecular complexity index is 828. The molecule has 116 valence electrons. The molecule has 0 fully saturated rings. The second-order valence-electron chi connectivity index (χ2n) is 6.18. The monoisotopic (exact) mass is 306 g/mol. The lowest BCUT2D eigenvalue weighted by molar-refractivity contribution is 0.0212. The lowest BCUT2D eigenvalue weighted by Crippen LogP contribution is -2.28. The van der Waals surface area contributed by atoms with Crippen molar-refractivity contribution >= 4 is 23.4 Å². The van der Waals surface area contributed by atoms with E-state index in [-0.39, 0.29) is 11.8 Å². The van der Waals surface area contributed by atoms with Crippen molar-refractivity contribution in [3.63, 3.8) is 0 Å². The van der Waals surface area contributed by atoms with Crippen LogP contribution >= 0.6 is 0 Å². The molecule has 2 aromatic carbocycles. The summed E-state index contributed by atoms with van der Waals surface area (Å²) in [6.07, 6.45) is 1.97. The number of hydrogen-bond acceptors (Lipinski definition) is 3. The third kappa shape index (κ3) is 2.82. The fourth-order valence-corrected chi connectivity index (χ4v) is 2.82. The Hall–Kier alpha value is -2.68. The minimum Gasteiger partial charge on any atom is -0.451 e. The van der Waals surface area contributed by atoms with Crippen LogP contribution in [0.2, 0.25) is 0 Å². The van der Waals surface area contributed by atoms with Gasteiger partial charge in [0.2, 0.25) is 0 Å². The van der Waals surface area contributed by atoms with Gasteiger partial charge in [-0.1, -0.05) is 36.4 Å². The van der Waals surface area contributed by atoms with Crippen LogP contribution in [0.25, 0.3) is 11.6 Å². The molecule has 23 heavy (non-hydrogen) atoms. The molecule has 1 heterocycles. The van der Waals surface area contributed by atoms with Crippen molar-refractivity contribution in [3.8, 4) is 0 Å². The number of ether oxygens (including phenoxy) is 1. The molecule has 3 heteroatoms. The maximum atomic E-state index is 12.4. The summed E-state index contributed by atoms with van der Waals surface area (Å²) in [6.45, 7) is 5.27. The minimum atomic E-state index is -0.786. The van der Waals surface area contributed by atoms with Gasteiger partial charge in [-0.2, -0.15) is 0 Å². The molecule has 0 amide bonds.